The fraction of sp³-hybridized carbons (Fsp3) is 0.600. The van der Waals surface area contributed by atoms with Crippen molar-refractivity contribution in [3.05, 3.63) is 33.9 Å². The van der Waals surface area contributed by atoms with Crippen molar-refractivity contribution in [1.82, 2.24) is 0 Å². The summed E-state index contributed by atoms with van der Waals surface area (Å²) in [5.41, 5.74) is 1.10. The molecule has 0 spiro atoms. The summed E-state index contributed by atoms with van der Waals surface area (Å²) >= 11 is 3.67. The predicted octanol–water partition coefficient (Wildman–Crippen LogP) is 4.74. The number of rotatable bonds is 8. The lowest BCUT2D eigenvalue weighted by Gasteiger charge is -2.13. The topological polar surface area (TPSA) is 52.4 Å². The molecule has 0 aliphatic heterocycles. The highest BCUT2D eigenvalue weighted by atomic mass is 79.9. The van der Waals surface area contributed by atoms with Gasteiger partial charge in [-0.1, -0.05) is 42.8 Å². The zero-order valence-electron chi connectivity index (χ0n) is 12.3. The Morgan fingerprint density at radius 2 is 2.10 bits per heavy atom. The summed E-state index contributed by atoms with van der Waals surface area (Å²) in [5.74, 6) is 0.992. The predicted molar refractivity (Wildman–Crippen MR) is 84.8 cm³/mol. The first-order valence-corrected chi connectivity index (χ1v) is 7.89. The van der Waals surface area contributed by atoms with Gasteiger partial charge in [-0.2, -0.15) is 0 Å². The number of nitrogens with zero attached hydrogens (tertiary/aromatic N) is 1. The number of benzene rings is 1. The van der Waals surface area contributed by atoms with Crippen molar-refractivity contribution >= 4 is 21.6 Å². The van der Waals surface area contributed by atoms with Crippen LogP contribution in [0, 0.1) is 16.0 Å². The van der Waals surface area contributed by atoms with Crippen molar-refractivity contribution in [2.45, 2.75) is 44.9 Å². The van der Waals surface area contributed by atoms with Crippen molar-refractivity contribution < 1.29 is 9.66 Å². The van der Waals surface area contributed by atoms with Gasteiger partial charge in [0, 0.05) is 10.9 Å². The second kappa shape index (κ2) is 8.25. The maximum absolute atomic E-state index is 11.0. The molecule has 1 rings (SSSR count). The van der Waals surface area contributed by atoms with Crippen molar-refractivity contribution in [3.63, 3.8) is 0 Å². The third-order valence-corrected chi connectivity index (χ3v) is 3.56. The number of nitro groups is 1. The number of alkyl halides is 1. The Hall–Kier alpha value is -1.10. The SMILES string of the molecule is CCCOc1cc(CC(Br)CC(C)C)ccc1[N+](=O)[O-]. The third-order valence-electron chi connectivity index (χ3n) is 2.87. The molecule has 0 fully saturated rings. The Kier molecular flexibility index (Phi) is 6.99. The third kappa shape index (κ3) is 5.49. The van der Waals surface area contributed by atoms with Crippen molar-refractivity contribution in [2.75, 3.05) is 6.61 Å². The molecule has 0 saturated carbocycles. The summed E-state index contributed by atoms with van der Waals surface area (Å²) in [5, 5.41) is 11.0. The van der Waals surface area contributed by atoms with Crippen molar-refractivity contribution in [2.24, 2.45) is 5.92 Å². The quantitative estimate of drug-likeness (QED) is 0.389. The van der Waals surface area contributed by atoms with Gasteiger partial charge in [0.15, 0.2) is 5.75 Å². The van der Waals surface area contributed by atoms with E-state index in [1.807, 2.05) is 13.0 Å². The summed E-state index contributed by atoms with van der Waals surface area (Å²) in [7, 11) is 0. The molecule has 5 heteroatoms. The number of halogens is 1. The minimum absolute atomic E-state index is 0.0391. The molecule has 1 aromatic rings. The molecule has 1 aromatic carbocycles. The van der Waals surface area contributed by atoms with Gasteiger partial charge in [-0.05, 0) is 36.8 Å². The zero-order valence-corrected chi connectivity index (χ0v) is 13.9. The first kappa shape index (κ1) is 17.0. The fourth-order valence-electron chi connectivity index (χ4n) is 2.01. The highest BCUT2D eigenvalue weighted by Crippen LogP contribution is 2.29. The van der Waals surface area contributed by atoms with E-state index in [1.165, 1.54) is 6.07 Å². The van der Waals surface area contributed by atoms with E-state index in [0.29, 0.717) is 23.1 Å². The smallest absolute Gasteiger partial charge is 0.310 e. The summed E-state index contributed by atoms with van der Waals surface area (Å²) in [6.45, 7) is 6.83. The van der Waals surface area contributed by atoms with Crippen LogP contribution in [-0.4, -0.2) is 16.4 Å². The Balaban J connectivity index is 2.85. The second-order valence-electron chi connectivity index (χ2n) is 5.34. The first-order valence-electron chi connectivity index (χ1n) is 6.98. The molecule has 0 saturated heterocycles. The van der Waals surface area contributed by atoms with E-state index in [9.17, 15) is 10.1 Å². The van der Waals surface area contributed by atoms with Crippen LogP contribution in [-0.2, 0) is 6.42 Å². The summed E-state index contributed by atoms with van der Waals surface area (Å²) < 4.78 is 5.49. The van der Waals surface area contributed by atoms with Crippen LogP contribution < -0.4 is 4.74 Å². The van der Waals surface area contributed by atoms with Crippen LogP contribution >= 0.6 is 15.9 Å². The summed E-state index contributed by atoms with van der Waals surface area (Å²) in [6, 6.07) is 5.14. The average molecular weight is 344 g/mol. The normalized spacial score (nSPS) is 12.4. The van der Waals surface area contributed by atoms with Crippen LogP contribution in [0.2, 0.25) is 0 Å². The highest BCUT2D eigenvalue weighted by Gasteiger charge is 2.17. The van der Waals surface area contributed by atoms with Crippen molar-refractivity contribution in [1.29, 1.82) is 0 Å². The molecule has 1 unspecified atom stereocenters. The van der Waals surface area contributed by atoms with E-state index < -0.39 is 4.92 Å². The molecule has 112 valence electrons. The van der Waals surface area contributed by atoms with E-state index in [0.717, 1.165) is 24.8 Å². The molecule has 0 aliphatic carbocycles. The molecule has 20 heavy (non-hydrogen) atoms. The number of hydrogen-bond acceptors (Lipinski definition) is 3. The number of ether oxygens (including phenoxy) is 1. The molecular weight excluding hydrogens is 322 g/mol. The number of hydrogen-bond donors (Lipinski definition) is 0. The van der Waals surface area contributed by atoms with Crippen LogP contribution in [0.25, 0.3) is 0 Å². The van der Waals surface area contributed by atoms with E-state index in [-0.39, 0.29) is 5.69 Å². The maximum Gasteiger partial charge on any atom is 0.310 e. The lowest BCUT2D eigenvalue weighted by atomic mass is 10.0. The summed E-state index contributed by atoms with van der Waals surface area (Å²) in [6.07, 6.45) is 2.75. The molecule has 0 N–H and O–H groups in total. The van der Waals surface area contributed by atoms with Gasteiger partial charge in [-0.3, -0.25) is 10.1 Å². The van der Waals surface area contributed by atoms with E-state index in [1.54, 1.807) is 6.07 Å². The van der Waals surface area contributed by atoms with Crippen LogP contribution in [0.5, 0.6) is 5.75 Å². The minimum atomic E-state index is -0.394. The molecule has 0 heterocycles. The van der Waals surface area contributed by atoms with Crippen LogP contribution in [0.3, 0.4) is 0 Å². The first-order chi connectivity index (χ1) is 9.43. The largest absolute Gasteiger partial charge is 0.487 e. The lowest BCUT2D eigenvalue weighted by Crippen LogP contribution is -2.07. The zero-order chi connectivity index (χ0) is 15.1. The lowest BCUT2D eigenvalue weighted by molar-refractivity contribution is -0.385. The number of nitro benzene ring substituents is 1. The van der Waals surface area contributed by atoms with E-state index in [4.69, 9.17) is 4.74 Å². The Morgan fingerprint density at radius 1 is 1.40 bits per heavy atom. The molecule has 0 aliphatic rings. The Morgan fingerprint density at radius 3 is 2.65 bits per heavy atom. The van der Waals surface area contributed by atoms with Crippen LogP contribution in [0.4, 0.5) is 5.69 Å². The van der Waals surface area contributed by atoms with Gasteiger partial charge in [-0.15, -0.1) is 0 Å². The summed E-state index contributed by atoms with van der Waals surface area (Å²) in [4.78, 5) is 11.0. The van der Waals surface area contributed by atoms with Gasteiger partial charge in [-0.25, -0.2) is 0 Å². The standard InChI is InChI=1S/C15H22BrNO3/c1-4-7-20-15-10-12(5-6-14(15)17(18)19)9-13(16)8-11(2)3/h5-6,10-11,13H,4,7-9H2,1-3H3. The van der Waals surface area contributed by atoms with Gasteiger partial charge in [0.2, 0.25) is 0 Å². The monoisotopic (exact) mass is 343 g/mol. The molecule has 0 amide bonds. The molecular formula is C15H22BrNO3. The Labute approximate surface area is 128 Å². The van der Waals surface area contributed by atoms with E-state index in [2.05, 4.69) is 29.8 Å². The van der Waals surface area contributed by atoms with Gasteiger partial charge >= 0.3 is 5.69 Å². The Bertz CT molecular complexity index is 449. The van der Waals surface area contributed by atoms with Gasteiger partial charge in [0.05, 0.1) is 11.5 Å². The second-order valence-corrected chi connectivity index (χ2v) is 6.63. The van der Waals surface area contributed by atoms with E-state index >= 15 is 0 Å². The highest BCUT2D eigenvalue weighted by molar-refractivity contribution is 9.09. The van der Waals surface area contributed by atoms with Gasteiger partial charge in [0.25, 0.3) is 0 Å². The molecule has 1 atom stereocenters. The van der Waals surface area contributed by atoms with Crippen molar-refractivity contribution in [3.8, 4) is 5.75 Å². The molecule has 0 radical (unpaired) electrons. The van der Waals surface area contributed by atoms with Gasteiger partial charge in [0.1, 0.15) is 0 Å². The molecule has 0 bridgehead atoms. The maximum atomic E-state index is 11.0. The minimum Gasteiger partial charge on any atom is -0.487 e. The fourth-order valence-corrected chi connectivity index (χ4v) is 3.14. The average Bonchev–Trinajstić information content (AvgIpc) is 2.35. The van der Waals surface area contributed by atoms with Crippen LogP contribution in [0.1, 0.15) is 39.2 Å². The molecule has 0 aromatic heterocycles. The molecule has 4 nitrogen and oxygen atoms in total. The van der Waals surface area contributed by atoms with Gasteiger partial charge < -0.3 is 4.74 Å². The van der Waals surface area contributed by atoms with Crippen LogP contribution in [0.15, 0.2) is 18.2 Å².